The zero-order chi connectivity index (χ0) is 12.1. The number of rotatable bonds is 5. The summed E-state index contributed by atoms with van der Waals surface area (Å²) >= 11 is 0. The summed E-state index contributed by atoms with van der Waals surface area (Å²) in [6, 6.07) is 2.43. The normalized spacial score (nSPS) is 12.2. The lowest BCUT2D eigenvalue weighted by atomic mass is 10.1. The fourth-order valence-corrected chi connectivity index (χ4v) is 1.33. The Bertz CT molecular complexity index is 382. The van der Waals surface area contributed by atoms with Gasteiger partial charge in [0.1, 0.15) is 6.04 Å². The van der Waals surface area contributed by atoms with E-state index < -0.39 is 23.6 Å². The first-order valence-corrected chi connectivity index (χ1v) is 4.99. The monoisotopic (exact) mass is 229 g/mol. The topological polar surface area (TPSA) is 49.3 Å². The summed E-state index contributed by atoms with van der Waals surface area (Å²) in [5, 5.41) is 11.5. The Balaban J connectivity index is 2.77. The maximum absolute atomic E-state index is 12.9. The van der Waals surface area contributed by atoms with Crippen LogP contribution in [0.15, 0.2) is 18.2 Å². The minimum atomic E-state index is -1.01. The van der Waals surface area contributed by atoms with Crippen LogP contribution in [-0.2, 0) is 4.79 Å². The Morgan fingerprint density at radius 2 is 2.12 bits per heavy atom. The number of hydrogen-bond donors (Lipinski definition) is 2. The predicted octanol–water partition coefficient (Wildman–Crippen LogP) is 2.63. The minimum absolute atomic E-state index is 0.264. The summed E-state index contributed by atoms with van der Waals surface area (Å²) in [7, 11) is 0. The smallest absolute Gasteiger partial charge is 0.326 e. The summed E-state index contributed by atoms with van der Waals surface area (Å²) in [5.74, 6) is -2.95. The quantitative estimate of drug-likeness (QED) is 0.816. The molecule has 1 atom stereocenters. The first kappa shape index (κ1) is 12.4. The number of benzene rings is 1. The van der Waals surface area contributed by atoms with Crippen LogP contribution in [0, 0.1) is 11.6 Å². The minimum Gasteiger partial charge on any atom is -0.480 e. The number of anilines is 1. The Morgan fingerprint density at radius 1 is 1.44 bits per heavy atom. The van der Waals surface area contributed by atoms with Crippen molar-refractivity contribution in [1.29, 1.82) is 0 Å². The van der Waals surface area contributed by atoms with E-state index in [2.05, 4.69) is 5.32 Å². The predicted molar refractivity (Wildman–Crippen MR) is 56.3 cm³/mol. The van der Waals surface area contributed by atoms with E-state index in [9.17, 15) is 13.6 Å². The van der Waals surface area contributed by atoms with E-state index in [0.717, 1.165) is 12.1 Å². The van der Waals surface area contributed by atoms with Gasteiger partial charge in [-0.1, -0.05) is 13.3 Å². The van der Waals surface area contributed by atoms with Crippen molar-refractivity contribution in [2.45, 2.75) is 25.8 Å². The fourth-order valence-electron chi connectivity index (χ4n) is 1.33. The first-order valence-electron chi connectivity index (χ1n) is 4.99. The van der Waals surface area contributed by atoms with E-state index in [4.69, 9.17) is 5.11 Å². The molecule has 2 N–H and O–H groups in total. The zero-order valence-corrected chi connectivity index (χ0v) is 8.84. The van der Waals surface area contributed by atoms with Gasteiger partial charge in [0.15, 0.2) is 11.6 Å². The molecule has 0 aromatic heterocycles. The number of carboxylic acid groups (broad SMARTS) is 1. The molecule has 3 nitrogen and oxygen atoms in total. The molecule has 16 heavy (non-hydrogen) atoms. The second kappa shape index (κ2) is 5.44. The second-order valence-corrected chi connectivity index (χ2v) is 3.45. The van der Waals surface area contributed by atoms with Crippen LogP contribution in [0.3, 0.4) is 0 Å². The van der Waals surface area contributed by atoms with Gasteiger partial charge in [-0.05, 0) is 18.6 Å². The van der Waals surface area contributed by atoms with Gasteiger partial charge in [0, 0.05) is 11.8 Å². The molecule has 0 radical (unpaired) electrons. The summed E-state index contributed by atoms with van der Waals surface area (Å²) in [5.41, 5.74) is 0.264. The van der Waals surface area contributed by atoms with Crippen LogP contribution in [-0.4, -0.2) is 17.1 Å². The van der Waals surface area contributed by atoms with Crippen molar-refractivity contribution in [3.8, 4) is 0 Å². The van der Waals surface area contributed by atoms with Gasteiger partial charge >= 0.3 is 5.97 Å². The highest BCUT2D eigenvalue weighted by molar-refractivity contribution is 5.77. The number of carbonyl (C=O) groups is 1. The Labute approximate surface area is 92.1 Å². The Hall–Kier alpha value is -1.65. The van der Waals surface area contributed by atoms with Crippen molar-refractivity contribution in [1.82, 2.24) is 0 Å². The molecule has 0 amide bonds. The molecule has 0 aliphatic heterocycles. The van der Waals surface area contributed by atoms with Gasteiger partial charge < -0.3 is 10.4 Å². The highest BCUT2D eigenvalue weighted by atomic mass is 19.2. The molecule has 0 aliphatic carbocycles. The highest BCUT2D eigenvalue weighted by Crippen LogP contribution is 2.15. The molecule has 0 spiro atoms. The van der Waals surface area contributed by atoms with Gasteiger partial charge in [-0.15, -0.1) is 0 Å². The van der Waals surface area contributed by atoms with Gasteiger partial charge in [0.05, 0.1) is 0 Å². The lowest BCUT2D eigenvalue weighted by molar-refractivity contribution is -0.138. The average Bonchev–Trinajstić information content (AvgIpc) is 2.22. The SMILES string of the molecule is CCCC(Nc1ccc(F)c(F)c1)C(=O)O. The van der Waals surface area contributed by atoms with Gasteiger partial charge in [-0.25, -0.2) is 13.6 Å². The molecule has 0 aliphatic rings. The van der Waals surface area contributed by atoms with Gasteiger partial charge in [-0.2, -0.15) is 0 Å². The molecule has 0 fully saturated rings. The summed E-state index contributed by atoms with van der Waals surface area (Å²) in [4.78, 5) is 10.8. The Kier molecular flexibility index (Phi) is 4.22. The molecule has 1 unspecified atom stereocenters. The maximum atomic E-state index is 12.9. The molecule has 5 heteroatoms. The molecular weight excluding hydrogens is 216 g/mol. The van der Waals surface area contributed by atoms with E-state index in [1.165, 1.54) is 6.07 Å². The van der Waals surface area contributed by atoms with E-state index in [-0.39, 0.29) is 5.69 Å². The van der Waals surface area contributed by atoms with Crippen LogP contribution in [0.2, 0.25) is 0 Å². The molecular formula is C11H13F2NO2. The van der Waals surface area contributed by atoms with Crippen LogP contribution in [0.1, 0.15) is 19.8 Å². The van der Waals surface area contributed by atoms with E-state index in [0.29, 0.717) is 12.8 Å². The van der Waals surface area contributed by atoms with Crippen molar-refractivity contribution in [3.63, 3.8) is 0 Å². The van der Waals surface area contributed by atoms with E-state index in [1.54, 1.807) is 0 Å². The molecule has 0 heterocycles. The zero-order valence-electron chi connectivity index (χ0n) is 8.84. The van der Waals surface area contributed by atoms with Crippen LogP contribution in [0.5, 0.6) is 0 Å². The van der Waals surface area contributed by atoms with Crippen LogP contribution >= 0.6 is 0 Å². The van der Waals surface area contributed by atoms with Crippen molar-refractivity contribution < 1.29 is 18.7 Å². The largest absolute Gasteiger partial charge is 0.480 e. The molecule has 0 bridgehead atoms. The lowest BCUT2D eigenvalue weighted by Crippen LogP contribution is -2.28. The molecule has 0 saturated heterocycles. The van der Waals surface area contributed by atoms with Gasteiger partial charge in [-0.3, -0.25) is 0 Å². The van der Waals surface area contributed by atoms with Crippen molar-refractivity contribution in [2.24, 2.45) is 0 Å². The van der Waals surface area contributed by atoms with Gasteiger partial charge in [0.25, 0.3) is 0 Å². The Morgan fingerprint density at radius 3 is 2.62 bits per heavy atom. The molecule has 0 saturated carbocycles. The average molecular weight is 229 g/mol. The molecule has 1 aromatic rings. The summed E-state index contributed by atoms with van der Waals surface area (Å²) < 4.78 is 25.5. The van der Waals surface area contributed by atoms with Crippen molar-refractivity contribution in [3.05, 3.63) is 29.8 Å². The maximum Gasteiger partial charge on any atom is 0.326 e. The third-order valence-corrected chi connectivity index (χ3v) is 2.14. The molecule has 88 valence electrons. The summed E-state index contributed by atoms with van der Waals surface area (Å²) in [6.45, 7) is 1.85. The lowest BCUT2D eigenvalue weighted by Gasteiger charge is -2.14. The number of halogens is 2. The third-order valence-electron chi connectivity index (χ3n) is 2.14. The van der Waals surface area contributed by atoms with Crippen LogP contribution < -0.4 is 5.32 Å². The standard InChI is InChI=1S/C11H13F2NO2/c1-2-3-10(11(15)16)14-7-4-5-8(12)9(13)6-7/h4-6,10,14H,2-3H2,1H3,(H,15,16). The molecule has 1 aromatic carbocycles. The number of nitrogens with one attached hydrogen (secondary N) is 1. The van der Waals surface area contributed by atoms with Crippen LogP contribution in [0.4, 0.5) is 14.5 Å². The summed E-state index contributed by atoms with van der Waals surface area (Å²) in [6.07, 6.45) is 1.11. The fraction of sp³-hybridized carbons (Fsp3) is 0.364. The second-order valence-electron chi connectivity index (χ2n) is 3.45. The van der Waals surface area contributed by atoms with Crippen LogP contribution in [0.25, 0.3) is 0 Å². The van der Waals surface area contributed by atoms with E-state index >= 15 is 0 Å². The van der Waals surface area contributed by atoms with Crippen molar-refractivity contribution in [2.75, 3.05) is 5.32 Å². The van der Waals surface area contributed by atoms with E-state index in [1.807, 2.05) is 6.92 Å². The third kappa shape index (κ3) is 3.18. The number of aliphatic carboxylic acids is 1. The first-order chi connectivity index (χ1) is 7.54. The van der Waals surface area contributed by atoms with Gasteiger partial charge in [0.2, 0.25) is 0 Å². The molecule has 1 rings (SSSR count). The number of carboxylic acids is 1. The highest BCUT2D eigenvalue weighted by Gasteiger charge is 2.16. The van der Waals surface area contributed by atoms with Crippen molar-refractivity contribution >= 4 is 11.7 Å². The number of hydrogen-bond acceptors (Lipinski definition) is 2.